The van der Waals surface area contributed by atoms with Crippen LogP contribution >= 0.6 is 0 Å². The van der Waals surface area contributed by atoms with Crippen molar-refractivity contribution in [2.75, 3.05) is 6.54 Å². The average Bonchev–Trinajstić information content (AvgIpc) is 3.20. The van der Waals surface area contributed by atoms with Crippen molar-refractivity contribution >= 4 is 21.9 Å². The van der Waals surface area contributed by atoms with Crippen molar-refractivity contribution in [2.24, 2.45) is 0 Å². The van der Waals surface area contributed by atoms with Gasteiger partial charge in [0, 0.05) is 13.0 Å². The molecule has 10 heteroatoms. The number of aromatic hydroxyl groups is 1. The third-order valence-corrected chi connectivity index (χ3v) is 6.84. The number of carbonyl (C=O) groups is 2. The summed E-state index contributed by atoms with van der Waals surface area (Å²) < 4.78 is 39.9. The standard InChI is InChI=1S/C20H21FN2O6S/c21-14-5-9-16(10-6-14)30(28,29)23-11-1-2-18(23)19(25)22-17(20(26)27)12-13-3-7-15(24)8-4-13/h3-10,17-18,24H,1-2,11-12H2,(H,22,25)(H,26,27)/t17-,18-/m0/s1. The smallest absolute Gasteiger partial charge is 0.326 e. The topological polar surface area (TPSA) is 124 Å². The van der Waals surface area contributed by atoms with E-state index < -0.39 is 39.8 Å². The van der Waals surface area contributed by atoms with E-state index in [1.807, 2.05) is 0 Å². The molecule has 2 aromatic rings. The van der Waals surface area contributed by atoms with Gasteiger partial charge in [-0.1, -0.05) is 12.1 Å². The van der Waals surface area contributed by atoms with Crippen LogP contribution in [0.1, 0.15) is 18.4 Å². The van der Waals surface area contributed by atoms with E-state index in [-0.39, 0.29) is 30.0 Å². The molecule has 160 valence electrons. The van der Waals surface area contributed by atoms with E-state index in [0.717, 1.165) is 28.6 Å². The summed E-state index contributed by atoms with van der Waals surface area (Å²) in [6.45, 7) is 0.105. The number of carbonyl (C=O) groups excluding carboxylic acids is 1. The number of nitrogens with zero attached hydrogens (tertiary/aromatic N) is 1. The van der Waals surface area contributed by atoms with Crippen LogP contribution in [0.3, 0.4) is 0 Å². The lowest BCUT2D eigenvalue weighted by molar-refractivity contribution is -0.142. The number of rotatable bonds is 7. The number of amides is 1. The molecule has 0 aromatic heterocycles. The van der Waals surface area contributed by atoms with Gasteiger partial charge >= 0.3 is 5.97 Å². The molecule has 30 heavy (non-hydrogen) atoms. The number of hydrogen-bond donors (Lipinski definition) is 3. The third-order valence-electron chi connectivity index (χ3n) is 4.92. The Morgan fingerprint density at radius 3 is 2.37 bits per heavy atom. The number of aliphatic carboxylic acids is 1. The molecule has 1 aliphatic heterocycles. The summed E-state index contributed by atoms with van der Waals surface area (Å²) in [5, 5.41) is 21.2. The van der Waals surface area contributed by atoms with Gasteiger partial charge in [-0.3, -0.25) is 4.79 Å². The zero-order valence-electron chi connectivity index (χ0n) is 15.9. The number of phenols is 1. The highest BCUT2D eigenvalue weighted by molar-refractivity contribution is 7.89. The van der Waals surface area contributed by atoms with Crippen molar-refractivity contribution in [3.8, 4) is 5.75 Å². The van der Waals surface area contributed by atoms with E-state index in [4.69, 9.17) is 0 Å². The molecule has 3 N–H and O–H groups in total. The van der Waals surface area contributed by atoms with Gasteiger partial charge in [0.25, 0.3) is 0 Å². The van der Waals surface area contributed by atoms with E-state index in [0.29, 0.717) is 12.0 Å². The maximum Gasteiger partial charge on any atom is 0.326 e. The van der Waals surface area contributed by atoms with Crippen molar-refractivity contribution in [3.63, 3.8) is 0 Å². The summed E-state index contributed by atoms with van der Waals surface area (Å²) in [6, 6.07) is 7.88. The molecule has 0 unspecified atom stereocenters. The Bertz CT molecular complexity index is 1020. The normalized spacial score (nSPS) is 18.1. The van der Waals surface area contributed by atoms with Crippen molar-refractivity contribution in [3.05, 3.63) is 59.9 Å². The van der Waals surface area contributed by atoms with Gasteiger partial charge in [0.05, 0.1) is 4.90 Å². The Balaban J connectivity index is 1.76. The minimum atomic E-state index is -4.04. The van der Waals surface area contributed by atoms with E-state index in [2.05, 4.69) is 5.32 Å². The monoisotopic (exact) mass is 436 g/mol. The molecular weight excluding hydrogens is 415 g/mol. The van der Waals surface area contributed by atoms with Crippen LogP contribution < -0.4 is 5.32 Å². The fourth-order valence-electron chi connectivity index (χ4n) is 3.37. The summed E-state index contributed by atoms with van der Waals surface area (Å²) in [6.07, 6.45) is 0.658. The van der Waals surface area contributed by atoms with Crippen LogP contribution in [0.5, 0.6) is 5.75 Å². The Hall–Kier alpha value is -2.98. The first-order valence-electron chi connectivity index (χ1n) is 9.27. The van der Waals surface area contributed by atoms with Gasteiger partial charge in [-0.2, -0.15) is 4.31 Å². The molecule has 0 bridgehead atoms. The molecule has 1 saturated heterocycles. The lowest BCUT2D eigenvalue weighted by atomic mass is 10.1. The second-order valence-electron chi connectivity index (χ2n) is 7.00. The van der Waals surface area contributed by atoms with E-state index in [9.17, 15) is 32.6 Å². The van der Waals surface area contributed by atoms with E-state index >= 15 is 0 Å². The third kappa shape index (κ3) is 4.77. The molecule has 2 atom stereocenters. The minimum absolute atomic E-state index is 0.0290. The average molecular weight is 436 g/mol. The quantitative estimate of drug-likeness (QED) is 0.604. The van der Waals surface area contributed by atoms with E-state index in [1.165, 1.54) is 24.3 Å². The van der Waals surface area contributed by atoms with Crippen LogP contribution in [0, 0.1) is 5.82 Å². The van der Waals surface area contributed by atoms with Crippen molar-refractivity contribution < 1.29 is 32.6 Å². The predicted octanol–water partition coefficient (Wildman–Crippen LogP) is 1.50. The zero-order valence-corrected chi connectivity index (χ0v) is 16.7. The number of halogens is 1. The second-order valence-corrected chi connectivity index (χ2v) is 8.89. The van der Waals surface area contributed by atoms with Gasteiger partial charge in [0.1, 0.15) is 23.7 Å². The highest BCUT2D eigenvalue weighted by Crippen LogP contribution is 2.26. The first-order valence-corrected chi connectivity index (χ1v) is 10.7. The molecule has 0 spiro atoms. The van der Waals surface area contributed by atoms with Gasteiger partial charge < -0.3 is 15.5 Å². The number of benzene rings is 2. The molecule has 0 radical (unpaired) electrons. The molecule has 1 heterocycles. The Kier molecular flexibility index (Phi) is 6.37. The zero-order chi connectivity index (χ0) is 21.9. The van der Waals surface area contributed by atoms with Gasteiger partial charge in [-0.05, 0) is 54.8 Å². The largest absolute Gasteiger partial charge is 0.508 e. The van der Waals surface area contributed by atoms with Crippen LogP contribution in [0.2, 0.25) is 0 Å². The highest BCUT2D eigenvalue weighted by atomic mass is 32.2. The summed E-state index contributed by atoms with van der Waals surface area (Å²) in [5.74, 6) is -2.52. The first kappa shape index (κ1) is 21.7. The van der Waals surface area contributed by atoms with Crippen LogP contribution in [0.4, 0.5) is 4.39 Å². The van der Waals surface area contributed by atoms with Gasteiger partial charge in [0.2, 0.25) is 15.9 Å². The molecule has 1 amide bonds. The highest BCUT2D eigenvalue weighted by Gasteiger charge is 2.40. The maximum absolute atomic E-state index is 13.1. The number of phenolic OH excluding ortho intramolecular Hbond substituents is 1. The molecule has 1 fully saturated rings. The Labute approximate surface area is 173 Å². The second kappa shape index (κ2) is 8.80. The summed E-state index contributed by atoms with van der Waals surface area (Å²) in [7, 11) is -4.04. The minimum Gasteiger partial charge on any atom is -0.508 e. The van der Waals surface area contributed by atoms with Gasteiger partial charge in [0.15, 0.2) is 0 Å². The SMILES string of the molecule is O=C(O)[C@H](Cc1ccc(O)cc1)NC(=O)[C@@H]1CCCN1S(=O)(=O)c1ccc(F)cc1. The molecule has 0 saturated carbocycles. The number of hydrogen-bond acceptors (Lipinski definition) is 5. The number of carboxylic acid groups (broad SMARTS) is 1. The number of nitrogens with one attached hydrogen (secondary N) is 1. The Morgan fingerprint density at radius 2 is 1.77 bits per heavy atom. The number of carboxylic acids is 1. The maximum atomic E-state index is 13.1. The summed E-state index contributed by atoms with van der Waals surface area (Å²) >= 11 is 0. The van der Waals surface area contributed by atoms with Crippen LogP contribution in [0.25, 0.3) is 0 Å². The van der Waals surface area contributed by atoms with Crippen molar-refractivity contribution in [1.82, 2.24) is 9.62 Å². The Morgan fingerprint density at radius 1 is 1.13 bits per heavy atom. The van der Waals surface area contributed by atoms with Gasteiger partial charge in [-0.15, -0.1) is 0 Å². The van der Waals surface area contributed by atoms with Crippen LogP contribution in [-0.2, 0) is 26.0 Å². The van der Waals surface area contributed by atoms with Crippen molar-refractivity contribution in [2.45, 2.75) is 36.2 Å². The summed E-state index contributed by atoms with van der Waals surface area (Å²) in [4.78, 5) is 24.3. The molecule has 8 nitrogen and oxygen atoms in total. The lowest BCUT2D eigenvalue weighted by Crippen LogP contribution is -2.51. The molecule has 2 aromatic carbocycles. The fourth-order valence-corrected chi connectivity index (χ4v) is 5.02. The van der Waals surface area contributed by atoms with Crippen LogP contribution in [0.15, 0.2) is 53.4 Å². The van der Waals surface area contributed by atoms with Gasteiger partial charge in [-0.25, -0.2) is 17.6 Å². The lowest BCUT2D eigenvalue weighted by Gasteiger charge is -2.25. The van der Waals surface area contributed by atoms with E-state index in [1.54, 1.807) is 0 Å². The predicted molar refractivity (Wildman–Crippen MR) is 105 cm³/mol. The first-order chi connectivity index (χ1) is 14.2. The van der Waals surface area contributed by atoms with Crippen molar-refractivity contribution in [1.29, 1.82) is 0 Å². The molecule has 0 aliphatic carbocycles. The number of sulfonamides is 1. The molecule has 1 aliphatic rings. The fraction of sp³-hybridized carbons (Fsp3) is 0.300. The summed E-state index contributed by atoms with van der Waals surface area (Å²) in [5.41, 5.74) is 0.586. The molecular formula is C20H21FN2O6S. The van der Waals surface area contributed by atoms with Crippen LogP contribution in [-0.4, -0.2) is 53.4 Å². The molecule has 3 rings (SSSR count).